The molecule has 0 saturated heterocycles. The highest BCUT2D eigenvalue weighted by atomic mass is 16.5. The predicted molar refractivity (Wildman–Crippen MR) is 79.9 cm³/mol. The molecule has 1 amide bonds. The van der Waals surface area contributed by atoms with Crippen LogP contribution >= 0.6 is 0 Å². The molecule has 1 unspecified atom stereocenters. The number of aryl methyl sites for hydroxylation is 1. The maximum atomic E-state index is 11.6. The van der Waals surface area contributed by atoms with Crippen LogP contribution in [0.5, 0.6) is 5.75 Å². The molecule has 0 spiro atoms. The highest BCUT2D eigenvalue weighted by molar-refractivity contribution is 5.94. The number of carbonyl (C=O) groups excluding carboxylic acids is 1. The minimum Gasteiger partial charge on any atom is -0.497 e. The lowest BCUT2D eigenvalue weighted by Crippen LogP contribution is -2.34. The molecule has 1 atom stereocenters. The summed E-state index contributed by atoms with van der Waals surface area (Å²) >= 11 is 0. The minimum absolute atomic E-state index is 0.0695. The monoisotopic (exact) mass is 274 g/mol. The third-order valence-electron chi connectivity index (χ3n) is 3.68. The smallest absolute Gasteiger partial charge is 0.243 e. The highest BCUT2D eigenvalue weighted by Gasteiger charge is 2.23. The van der Waals surface area contributed by atoms with Crippen molar-refractivity contribution < 1.29 is 9.53 Å². The van der Waals surface area contributed by atoms with Gasteiger partial charge in [-0.3, -0.25) is 4.79 Å². The van der Waals surface area contributed by atoms with Crippen molar-refractivity contribution in [2.45, 2.75) is 39.0 Å². The number of methoxy groups -OCH3 is 1. The molecule has 0 fully saturated rings. The Morgan fingerprint density at radius 2 is 2.05 bits per heavy atom. The van der Waals surface area contributed by atoms with Crippen molar-refractivity contribution in [3.8, 4) is 5.75 Å². The van der Waals surface area contributed by atoms with Crippen LogP contribution in [0.15, 0.2) is 29.4 Å². The first-order chi connectivity index (χ1) is 9.72. The molecule has 0 saturated carbocycles. The lowest BCUT2D eigenvalue weighted by atomic mass is 9.92. The van der Waals surface area contributed by atoms with Crippen molar-refractivity contribution in [1.82, 2.24) is 5.43 Å². The summed E-state index contributed by atoms with van der Waals surface area (Å²) in [6.07, 6.45) is 4.61. The summed E-state index contributed by atoms with van der Waals surface area (Å²) in [7, 11) is 1.67. The predicted octanol–water partition coefficient (Wildman–Crippen LogP) is 2.92. The molecule has 20 heavy (non-hydrogen) atoms. The van der Waals surface area contributed by atoms with Crippen LogP contribution < -0.4 is 10.2 Å². The molecule has 1 N–H and O–H groups in total. The van der Waals surface area contributed by atoms with Gasteiger partial charge in [-0.25, -0.2) is 5.43 Å². The van der Waals surface area contributed by atoms with E-state index >= 15 is 0 Å². The Balaban J connectivity index is 1.88. The molecule has 4 heteroatoms. The van der Waals surface area contributed by atoms with E-state index in [-0.39, 0.29) is 11.8 Å². The molecule has 1 aliphatic rings. The molecule has 1 heterocycles. The fraction of sp³-hybridized carbons (Fsp3) is 0.500. The van der Waals surface area contributed by atoms with E-state index in [1.807, 2.05) is 12.1 Å². The zero-order valence-electron chi connectivity index (χ0n) is 12.2. The Bertz CT molecular complexity index is 480. The van der Waals surface area contributed by atoms with E-state index in [2.05, 4.69) is 29.6 Å². The van der Waals surface area contributed by atoms with Crippen LogP contribution in [0.4, 0.5) is 0 Å². The number of benzene rings is 1. The average Bonchev–Trinajstić information content (AvgIpc) is 2.49. The van der Waals surface area contributed by atoms with Gasteiger partial charge in [0, 0.05) is 11.6 Å². The molecular formula is C16H22N2O2. The van der Waals surface area contributed by atoms with E-state index < -0.39 is 0 Å². The first-order valence-electron chi connectivity index (χ1n) is 7.21. The fourth-order valence-electron chi connectivity index (χ4n) is 2.47. The van der Waals surface area contributed by atoms with Crippen molar-refractivity contribution in [2.75, 3.05) is 7.11 Å². The van der Waals surface area contributed by atoms with Crippen LogP contribution in [0.25, 0.3) is 0 Å². The van der Waals surface area contributed by atoms with Gasteiger partial charge in [-0.15, -0.1) is 0 Å². The maximum absolute atomic E-state index is 11.6. The summed E-state index contributed by atoms with van der Waals surface area (Å²) < 4.78 is 5.15. The van der Waals surface area contributed by atoms with Crippen molar-refractivity contribution in [1.29, 1.82) is 0 Å². The van der Waals surface area contributed by atoms with Gasteiger partial charge in [-0.1, -0.05) is 25.5 Å². The number of hydrogen-bond acceptors (Lipinski definition) is 3. The Morgan fingerprint density at radius 1 is 1.30 bits per heavy atom. The van der Waals surface area contributed by atoms with Gasteiger partial charge in [0.05, 0.1) is 7.11 Å². The Labute approximate surface area is 120 Å². The summed E-state index contributed by atoms with van der Waals surface area (Å²) in [6.45, 7) is 2.11. The summed E-state index contributed by atoms with van der Waals surface area (Å²) in [5.41, 5.74) is 5.01. The normalized spacial score (nSPS) is 18.4. The van der Waals surface area contributed by atoms with Gasteiger partial charge in [0.2, 0.25) is 5.91 Å². The molecule has 0 radical (unpaired) electrons. The van der Waals surface area contributed by atoms with Gasteiger partial charge >= 0.3 is 0 Å². The van der Waals surface area contributed by atoms with Crippen LogP contribution in [0.1, 0.15) is 38.2 Å². The molecule has 1 aromatic carbocycles. The Hall–Kier alpha value is -1.84. The second-order valence-electron chi connectivity index (χ2n) is 5.19. The maximum Gasteiger partial charge on any atom is 0.243 e. The van der Waals surface area contributed by atoms with E-state index in [4.69, 9.17) is 4.74 Å². The number of hydrazone groups is 1. The number of amides is 1. The molecule has 1 aromatic rings. The Morgan fingerprint density at radius 3 is 2.70 bits per heavy atom. The van der Waals surface area contributed by atoms with Crippen LogP contribution in [0, 0.1) is 5.92 Å². The van der Waals surface area contributed by atoms with Crippen LogP contribution in [0.3, 0.4) is 0 Å². The van der Waals surface area contributed by atoms with Gasteiger partial charge in [0.15, 0.2) is 0 Å². The van der Waals surface area contributed by atoms with Crippen LogP contribution in [-0.4, -0.2) is 18.7 Å². The van der Waals surface area contributed by atoms with Gasteiger partial charge < -0.3 is 4.74 Å². The molecule has 4 nitrogen and oxygen atoms in total. The molecule has 108 valence electrons. The zero-order valence-corrected chi connectivity index (χ0v) is 12.2. The number of rotatable bonds is 6. The van der Waals surface area contributed by atoms with Crippen LogP contribution in [-0.2, 0) is 11.2 Å². The second kappa shape index (κ2) is 7.08. The summed E-state index contributed by atoms with van der Waals surface area (Å²) in [4.78, 5) is 11.6. The lowest BCUT2D eigenvalue weighted by Gasteiger charge is -2.20. The van der Waals surface area contributed by atoms with Crippen LogP contribution in [0.2, 0.25) is 0 Å². The average molecular weight is 274 g/mol. The van der Waals surface area contributed by atoms with Crippen molar-refractivity contribution in [3.05, 3.63) is 29.8 Å². The summed E-state index contributed by atoms with van der Waals surface area (Å²) in [5.74, 6) is 1.04. The van der Waals surface area contributed by atoms with Gasteiger partial charge in [0.1, 0.15) is 5.75 Å². The number of carbonyl (C=O) groups is 1. The second-order valence-corrected chi connectivity index (χ2v) is 5.19. The van der Waals surface area contributed by atoms with Gasteiger partial charge in [0.25, 0.3) is 0 Å². The molecular weight excluding hydrogens is 252 g/mol. The third kappa shape index (κ3) is 3.83. The van der Waals surface area contributed by atoms with Crippen molar-refractivity contribution in [2.24, 2.45) is 11.0 Å². The molecule has 0 aromatic heterocycles. The first-order valence-corrected chi connectivity index (χ1v) is 7.21. The highest BCUT2D eigenvalue weighted by Crippen LogP contribution is 2.19. The SMILES string of the molecule is CCCC1CC(CCc2ccc(OC)cc2)=NNC1=O. The summed E-state index contributed by atoms with van der Waals surface area (Å²) in [5, 5.41) is 4.18. The third-order valence-corrected chi connectivity index (χ3v) is 3.68. The molecule has 2 rings (SSSR count). The zero-order chi connectivity index (χ0) is 14.4. The summed E-state index contributed by atoms with van der Waals surface area (Å²) in [6, 6.07) is 8.09. The Kier molecular flexibility index (Phi) is 5.16. The standard InChI is InChI=1S/C16H22N2O2/c1-3-4-13-11-14(17-18-16(13)19)8-5-12-6-9-15(20-2)10-7-12/h6-7,9-10,13H,3-5,8,11H2,1-2H3,(H,18,19). The lowest BCUT2D eigenvalue weighted by molar-refractivity contribution is -0.125. The largest absolute Gasteiger partial charge is 0.497 e. The van der Waals surface area contributed by atoms with E-state index in [1.165, 1.54) is 5.56 Å². The molecule has 0 aliphatic carbocycles. The number of hydrogen-bond donors (Lipinski definition) is 1. The number of nitrogens with one attached hydrogen (secondary N) is 1. The van der Waals surface area contributed by atoms with Crippen molar-refractivity contribution >= 4 is 11.6 Å². The topological polar surface area (TPSA) is 50.7 Å². The molecule has 0 bridgehead atoms. The minimum atomic E-state index is 0.0695. The van der Waals surface area contributed by atoms with Gasteiger partial charge in [-0.05, 0) is 43.4 Å². The van der Waals surface area contributed by atoms with E-state index in [0.717, 1.165) is 43.6 Å². The fourth-order valence-corrected chi connectivity index (χ4v) is 2.47. The van der Waals surface area contributed by atoms with Crippen molar-refractivity contribution in [3.63, 3.8) is 0 Å². The number of nitrogens with zero attached hydrogens (tertiary/aromatic N) is 1. The van der Waals surface area contributed by atoms with E-state index in [1.54, 1.807) is 7.11 Å². The number of ether oxygens (including phenoxy) is 1. The van der Waals surface area contributed by atoms with E-state index in [9.17, 15) is 4.79 Å². The van der Waals surface area contributed by atoms with Gasteiger partial charge in [-0.2, -0.15) is 5.10 Å². The molecule has 1 aliphatic heterocycles. The quantitative estimate of drug-likeness (QED) is 0.867. The first kappa shape index (κ1) is 14.6. The van der Waals surface area contributed by atoms with E-state index in [0.29, 0.717) is 0 Å².